The summed E-state index contributed by atoms with van der Waals surface area (Å²) in [6.45, 7) is 6.98. The monoisotopic (exact) mass is 333 g/mol. The van der Waals surface area contributed by atoms with Crippen molar-refractivity contribution in [3.05, 3.63) is 72.1 Å². The SMILES string of the molecule is CC(C)(C)c1ccc(CN(C(N)=O)c2cccc3cnccc23)cc1. The van der Waals surface area contributed by atoms with Crippen LogP contribution in [0.2, 0.25) is 0 Å². The molecule has 2 amide bonds. The van der Waals surface area contributed by atoms with Gasteiger partial charge < -0.3 is 5.73 Å². The van der Waals surface area contributed by atoms with Crippen LogP contribution in [-0.2, 0) is 12.0 Å². The molecule has 0 spiro atoms. The third kappa shape index (κ3) is 3.63. The molecule has 0 unspecified atom stereocenters. The molecule has 128 valence electrons. The van der Waals surface area contributed by atoms with E-state index in [0.29, 0.717) is 6.54 Å². The second-order valence-corrected chi connectivity index (χ2v) is 7.25. The second kappa shape index (κ2) is 6.55. The maximum Gasteiger partial charge on any atom is 0.319 e. The summed E-state index contributed by atoms with van der Waals surface area (Å²) in [5.74, 6) is 0. The van der Waals surface area contributed by atoms with Crippen molar-refractivity contribution in [3.63, 3.8) is 0 Å². The van der Waals surface area contributed by atoms with Gasteiger partial charge in [-0.05, 0) is 28.7 Å². The molecule has 0 fully saturated rings. The molecule has 4 heteroatoms. The van der Waals surface area contributed by atoms with Crippen molar-refractivity contribution in [2.45, 2.75) is 32.7 Å². The third-order valence-corrected chi connectivity index (χ3v) is 4.38. The molecular weight excluding hydrogens is 310 g/mol. The van der Waals surface area contributed by atoms with E-state index in [4.69, 9.17) is 5.73 Å². The van der Waals surface area contributed by atoms with Crippen molar-refractivity contribution in [1.82, 2.24) is 4.98 Å². The average Bonchev–Trinajstić information content (AvgIpc) is 2.59. The first-order valence-corrected chi connectivity index (χ1v) is 8.35. The number of amides is 2. The van der Waals surface area contributed by atoms with Crippen molar-refractivity contribution in [2.75, 3.05) is 4.90 Å². The number of pyridine rings is 1. The second-order valence-electron chi connectivity index (χ2n) is 7.25. The van der Waals surface area contributed by atoms with Crippen LogP contribution < -0.4 is 10.6 Å². The molecule has 2 aromatic carbocycles. The summed E-state index contributed by atoms with van der Waals surface area (Å²) >= 11 is 0. The first-order valence-electron chi connectivity index (χ1n) is 8.35. The number of nitrogens with zero attached hydrogens (tertiary/aromatic N) is 2. The molecule has 0 bridgehead atoms. The van der Waals surface area contributed by atoms with Gasteiger partial charge in [0.25, 0.3) is 0 Å². The molecule has 0 aliphatic carbocycles. The van der Waals surface area contributed by atoms with Crippen molar-refractivity contribution >= 4 is 22.5 Å². The van der Waals surface area contributed by atoms with Gasteiger partial charge in [-0.1, -0.05) is 57.2 Å². The normalized spacial score (nSPS) is 11.5. The molecule has 2 N–H and O–H groups in total. The summed E-state index contributed by atoms with van der Waals surface area (Å²) in [7, 11) is 0. The summed E-state index contributed by atoms with van der Waals surface area (Å²) in [6.07, 6.45) is 3.51. The average molecular weight is 333 g/mol. The Morgan fingerprint density at radius 1 is 1.08 bits per heavy atom. The van der Waals surface area contributed by atoms with Crippen LogP contribution in [-0.4, -0.2) is 11.0 Å². The zero-order valence-corrected chi connectivity index (χ0v) is 14.9. The Bertz CT molecular complexity index is 890. The predicted octanol–water partition coefficient (Wildman–Crippen LogP) is 4.62. The van der Waals surface area contributed by atoms with E-state index in [1.807, 2.05) is 24.3 Å². The van der Waals surface area contributed by atoms with E-state index in [9.17, 15) is 4.79 Å². The Morgan fingerprint density at radius 3 is 2.44 bits per heavy atom. The highest BCUT2D eigenvalue weighted by Gasteiger charge is 2.17. The lowest BCUT2D eigenvalue weighted by Gasteiger charge is -2.23. The number of hydrogen-bond donors (Lipinski definition) is 1. The number of primary amides is 1. The van der Waals surface area contributed by atoms with Crippen molar-refractivity contribution in [2.24, 2.45) is 5.73 Å². The van der Waals surface area contributed by atoms with Crippen LogP contribution in [0.1, 0.15) is 31.9 Å². The van der Waals surface area contributed by atoms with E-state index in [1.165, 1.54) is 5.56 Å². The van der Waals surface area contributed by atoms with Crippen LogP contribution in [0.4, 0.5) is 10.5 Å². The molecule has 1 aromatic heterocycles. The molecule has 3 aromatic rings. The molecule has 0 atom stereocenters. The van der Waals surface area contributed by atoms with E-state index >= 15 is 0 Å². The van der Waals surface area contributed by atoms with Crippen LogP contribution in [0, 0.1) is 0 Å². The smallest absolute Gasteiger partial charge is 0.319 e. The lowest BCUT2D eigenvalue weighted by molar-refractivity contribution is 0.253. The van der Waals surface area contributed by atoms with Crippen molar-refractivity contribution in [1.29, 1.82) is 0 Å². The van der Waals surface area contributed by atoms with E-state index in [2.05, 4.69) is 50.0 Å². The number of anilines is 1. The Hall–Kier alpha value is -2.88. The first kappa shape index (κ1) is 17.0. The molecule has 25 heavy (non-hydrogen) atoms. The number of urea groups is 1. The summed E-state index contributed by atoms with van der Waals surface area (Å²) in [5.41, 5.74) is 8.88. The largest absolute Gasteiger partial charge is 0.351 e. The molecular formula is C21H23N3O. The topological polar surface area (TPSA) is 59.2 Å². The minimum Gasteiger partial charge on any atom is -0.351 e. The van der Waals surface area contributed by atoms with Gasteiger partial charge in [0.05, 0.1) is 12.2 Å². The Balaban J connectivity index is 1.96. The van der Waals surface area contributed by atoms with Crippen LogP contribution in [0.5, 0.6) is 0 Å². The van der Waals surface area contributed by atoms with Gasteiger partial charge in [-0.15, -0.1) is 0 Å². The minimum absolute atomic E-state index is 0.102. The standard InChI is InChI=1S/C21H23N3O/c1-21(2,3)17-9-7-15(8-10-17)14-24(20(22)25)19-6-4-5-16-13-23-12-11-18(16)19/h4-13H,14H2,1-3H3,(H2,22,25). The van der Waals surface area contributed by atoms with Crippen LogP contribution in [0.25, 0.3) is 10.8 Å². The van der Waals surface area contributed by atoms with Crippen molar-refractivity contribution in [3.8, 4) is 0 Å². The number of aromatic nitrogens is 1. The van der Waals surface area contributed by atoms with Gasteiger partial charge in [0, 0.05) is 23.2 Å². The zero-order chi connectivity index (χ0) is 18.0. The van der Waals surface area contributed by atoms with Crippen LogP contribution in [0.15, 0.2) is 60.9 Å². The number of fused-ring (bicyclic) bond motifs is 1. The van der Waals surface area contributed by atoms with Crippen LogP contribution in [0.3, 0.4) is 0 Å². The lowest BCUT2D eigenvalue weighted by Crippen LogP contribution is -2.35. The summed E-state index contributed by atoms with van der Waals surface area (Å²) in [4.78, 5) is 17.9. The molecule has 3 rings (SSSR count). The Labute approximate surface area is 148 Å². The Morgan fingerprint density at radius 2 is 1.80 bits per heavy atom. The van der Waals surface area contributed by atoms with Gasteiger partial charge >= 0.3 is 6.03 Å². The summed E-state index contributed by atoms with van der Waals surface area (Å²) < 4.78 is 0. The molecule has 1 heterocycles. The fourth-order valence-electron chi connectivity index (χ4n) is 2.92. The third-order valence-electron chi connectivity index (χ3n) is 4.38. The summed E-state index contributed by atoms with van der Waals surface area (Å²) in [6, 6.07) is 15.6. The van der Waals surface area contributed by atoms with Gasteiger partial charge in [-0.25, -0.2) is 4.79 Å². The van der Waals surface area contributed by atoms with E-state index in [1.54, 1.807) is 17.3 Å². The van der Waals surface area contributed by atoms with Gasteiger partial charge in [0.2, 0.25) is 0 Å². The molecule has 0 aliphatic rings. The first-order chi connectivity index (χ1) is 11.9. The van der Waals surface area contributed by atoms with Gasteiger partial charge in [0.15, 0.2) is 0 Å². The van der Waals surface area contributed by atoms with Crippen molar-refractivity contribution < 1.29 is 4.79 Å². The maximum atomic E-state index is 12.1. The molecule has 0 saturated heterocycles. The number of rotatable bonds is 3. The fourth-order valence-corrected chi connectivity index (χ4v) is 2.92. The molecule has 0 aliphatic heterocycles. The molecule has 0 radical (unpaired) electrons. The highest BCUT2D eigenvalue weighted by atomic mass is 16.2. The van der Waals surface area contributed by atoms with E-state index in [-0.39, 0.29) is 5.41 Å². The zero-order valence-electron chi connectivity index (χ0n) is 14.9. The Kier molecular flexibility index (Phi) is 4.45. The van der Waals surface area contributed by atoms with Gasteiger partial charge in [0.1, 0.15) is 0 Å². The highest BCUT2D eigenvalue weighted by molar-refractivity contribution is 6.02. The summed E-state index contributed by atoms with van der Waals surface area (Å²) in [5, 5.41) is 1.94. The van der Waals surface area contributed by atoms with Crippen LogP contribution >= 0.6 is 0 Å². The van der Waals surface area contributed by atoms with E-state index < -0.39 is 6.03 Å². The van der Waals surface area contributed by atoms with Gasteiger partial charge in [-0.2, -0.15) is 0 Å². The quantitative estimate of drug-likeness (QED) is 0.760. The number of carbonyl (C=O) groups is 1. The predicted molar refractivity (Wildman–Crippen MR) is 103 cm³/mol. The molecule has 4 nitrogen and oxygen atoms in total. The number of benzene rings is 2. The van der Waals surface area contributed by atoms with E-state index in [0.717, 1.165) is 22.0 Å². The fraction of sp³-hybridized carbons (Fsp3) is 0.238. The van der Waals surface area contributed by atoms with Gasteiger partial charge in [-0.3, -0.25) is 9.88 Å². The lowest BCUT2D eigenvalue weighted by atomic mass is 9.87. The number of nitrogens with two attached hydrogens (primary N) is 1. The number of carbonyl (C=O) groups excluding carboxylic acids is 1. The minimum atomic E-state index is -0.468. The molecule has 0 saturated carbocycles. The highest BCUT2D eigenvalue weighted by Crippen LogP contribution is 2.28. The maximum absolute atomic E-state index is 12.1. The number of hydrogen-bond acceptors (Lipinski definition) is 2.